The molecule has 0 saturated carbocycles. The van der Waals surface area contributed by atoms with Crippen LogP contribution in [0, 0.1) is 0 Å². The zero-order chi connectivity index (χ0) is 13.4. The van der Waals surface area contributed by atoms with Crippen molar-refractivity contribution in [2.24, 2.45) is 0 Å². The Balaban J connectivity index is 2.41. The summed E-state index contributed by atoms with van der Waals surface area (Å²) in [5.74, 6) is 0. The van der Waals surface area contributed by atoms with Gasteiger partial charge in [0.05, 0.1) is 12.7 Å². The van der Waals surface area contributed by atoms with Crippen molar-refractivity contribution in [3.63, 3.8) is 0 Å². The summed E-state index contributed by atoms with van der Waals surface area (Å²) in [6.07, 6.45) is 2.56. The van der Waals surface area contributed by atoms with Crippen LogP contribution < -0.4 is 5.32 Å². The van der Waals surface area contributed by atoms with E-state index in [1.165, 1.54) is 5.56 Å². The molecule has 1 rings (SSSR count). The molecule has 18 heavy (non-hydrogen) atoms. The minimum absolute atomic E-state index is 0.302. The second-order valence-electron chi connectivity index (χ2n) is 4.91. The summed E-state index contributed by atoms with van der Waals surface area (Å²) < 4.78 is 7.10. The fourth-order valence-electron chi connectivity index (χ4n) is 1.77. The van der Waals surface area contributed by atoms with E-state index in [-0.39, 0.29) is 0 Å². The molecule has 0 aliphatic carbocycles. The maximum atomic E-state index is 5.99. The van der Waals surface area contributed by atoms with Crippen LogP contribution in [-0.2, 0) is 11.3 Å². The molecule has 0 spiro atoms. The van der Waals surface area contributed by atoms with Crippen LogP contribution in [0.25, 0.3) is 0 Å². The standard InChI is InChI=1S/C15H24BrNO/c1-4-6-15(10-17-12(2)3)18-11-13-7-5-8-14(16)9-13/h5,7-9,12,15,17H,4,6,10-11H2,1-3H3. The number of hydrogen-bond donors (Lipinski definition) is 1. The predicted molar refractivity (Wildman–Crippen MR) is 80.8 cm³/mol. The third kappa shape index (κ3) is 6.53. The largest absolute Gasteiger partial charge is 0.372 e. The van der Waals surface area contributed by atoms with Crippen LogP contribution in [0.3, 0.4) is 0 Å². The van der Waals surface area contributed by atoms with Crippen molar-refractivity contribution in [2.45, 2.75) is 52.4 Å². The Morgan fingerprint density at radius 2 is 2.11 bits per heavy atom. The highest BCUT2D eigenvalue weighted by Gasteiger charge is 2.09. The summed E-state index contributed by atoms with van der Waals surface area (Å²) in [5, 5.41) is 3.44. The molecular weight excluding hydrogens is 290 g/mol. The number of nitrogens with one attached hydrogen (secondary N) is 1. The van der Waals surface area contributed by atoms with E-state index >= 15 is 0 Å². The SMILES string of the molecule is CCCC(CNC(C)C)OCc1cccc(Br)c1. The Hall–Kier alpha value is -0.380. The van der Waals surface area contributed by atoms with Gasteiger partial charge in [-0.1, -0.05) is 55.3 Å². The van der Waals surface area contributed by atoms with Gasteiger partial charge in [-0.05, 0) is 24.1 Å². The number of ether oxygens (including phenoxy) is 1. The molecule has 0 aliphatic heterocycles. The lowest BCUT2D eigenvalue weighted by molar-refractivity contribution is 0.0336. The van der Waals surface area contributed by atoms with Crippen LogP contribution in [-0.4, -0.2) is 18.7 Å². The minimum Gasteiger partial charge on any atom is -0.372 e. The van der Waals surface area contributed by atoms with Gasteiger partial charge in [-0.3, -0.25) is 0 Å². The molecule has 0 fully saturated rings. The van der Waals surface area contributed by atoms with Crippen molar-refractivity contribution in [3.05, 3.63) is 34.3 Å². The Bertz CT molecular complexity index is 341. The molecule has 1 aromatic carbocycles. The van der Waals surface area contributed by atoms with Crippen molar-refractivity contribution < 1.29 is 4.74 Å². The van der Waals surface area contributed by atoms with Crippen molar-refractivity contribution in [3.8, 4) is 0 Å². The average molecular weight is 314 g/mol. The third-order valence-electron chi connectivity index (χ3n) is 2.74. The molecule has 0 aliphatic rings. The topological polar surface area (TPSA) is 21.3 Å². The fraction of sp³-hybridized carbons (Fsp3) is 0.600. The molecule has 1 atom stereocenters. The maximum Gasteiger partial charge on any atom is 0.0721 e. The van der Waals surface area contributed by atoms with Crippen LogP contribution in [0.5, 0.6) is 0 Å². The van der Waals surface area contributed by atoms with E-state index in [0.29, 0.717) is 18.8 Å². The highest BCUT2D eigenvalue weighted by molar-refractivity contribution is 9.10. The van der Waals surface area contributed by atoms with E-state index in [9.17, 15) is 0 Å². The van der Waals surface area contributed by atoms with Crippen LogP contribution in [0.4, 0.5) is 0 Å². The van der Waals surface area contributed by atoms with Gasteiger partial charge in [-0.15, -0.1) is 0 Å². The summed E-state index contributed by atoms with van der Waals surface area (Å²) in [4.78, 5) is 0. The first-order valence-electron chi connectivity index (χ1n) is 6.71. The first-order chi connectivity index (χ1) is 8.61. The monoisotopic (exact) mass is 313 g/mol. The molecule has 0 radical (unpaired) electrons. The Morgan fingerprint density at radius 3 is 2.72 bits per heavy atom. The molecule has 2 nitrogen and oxygen atoms in total. The molecule has 1 unspecified atom stereocenters. The lowest BCUT2D eigenvalue weighted by Crippen LogP contribution is -2.33. The lowest BCUT2D eigenvalue weighted by Gasteiger charge is -2.19. The first kappa shape index (κ1) is 15.7. The zero-order valence-corrected chi connectivity index (χ0v) is 13.2. The lowest BCUT2D eigenvalue weighted by atomic mass is 10.2. The molecule has 3 heteroatoms. The highest BCUT2D eigenvalue weighted by Crippen LogP contribution is 2.14. The van der Waals surface area contributed by atoms with Gasteiger partial charge in [0.1, 0.15) is 0 Å². The second kappa shape index (κ2) is 8.68. The number of hydrogen-bond acceptors (Lipinski definition) is 2. The van der Waals surface area contributed by atoms with E-state index in [4.69, 9.17) is 4.74 Å². The summed E-state index contributed by atoms with van der Waals surface area (Å²) in [7, 11) is 0. The quantitative estimate of drug-likeness (QED) is 0.779. The van der Waals surface area contributed by atoms with Gasteiger partial charge in [0.2, 0.25) is 0 Å². The van der Waals surface area contributed by atoms with Crippen LogP contribution in [0.15, 0.2) is 28.7 Å². The first-order valence-corrected chi connectivity index (χ1v) is 7.50. The molecule has 1 aromatic rings. The van der Waals surface area contributed by atoms with Crippen LogP contribution >= 0.6 is 15.9 Å². The molecule has 0 aromatic heterocycles. The number of rotatable bonds is 8. The van der Waals surface area contributed by atoms with Crippen molar-refractivity contribution >= 4 is 15.9 Å². The summed E-state index contributed by atoms with van der Waals surface area (Å²) >= 11 is 3.48. The van der Waals surface area contributed by atoms with Crippen molar-refractivity contribution in [1.82, 2.24) is 5.32 Å². The predicted octanol–water partition coefficient (Wildman–Crippen LogP) is 4.13. The van der Waals surface area contributed by atoms with Crippen LogP contribution in [0.2, 0.25) is 0 Å². The zero-order valence-electron chi connectivity index (χ0n) is 11.6. The maximum absolute atomic E-state index is 5.99. The number of halogens is 1. The summed E-state index contributed by atoms with van der Waals surface area (Å²) in [6, 6.07) is 8.80. The van der Waals surface area contributed by atoms with Gasteiger partial charge in [0.15, 0.2) is 0 Å². The highest BCUT2D eigenvalue weighted by atomic mass is 79.9. The molecule has 0 heterocycles. The normalized spacial score (nSPS) is 12.9. The molecule has 0 bridgehead atoms. The number of benzene rings is 1. The van der Waals surface area contributed by atoms with Gasteiger partial charge in [-0.2, -0.15) is 0 Å². The summed E-state index contributed by atoms with van der Waals surface area (Å²) in [5.41, 5.74) is 1.22. The van der Waals surface area contributed by atoms with Gasteiger partial charge in [0.25, 0.3) is 0 Å². The molecule has 102 valence electrons. The van der Waals surface area contributed by atoms with E-state index in [1.807, 2.05) is 12.1 Å². The van der Waals surface area contributed by atoms with E-state index in [1.54, 1.807) is 0 Å². The van der Waals surface area contributed by atoms with Crippen molar-refractivity contribution in [1.29, 1.82) is 0 Å². The van der Waals surface area contributed by atoms with E-state index in [2.05, 4.69) is 54.2 Å². The molecule has 0 amide bonds. The Labute approximate surface area is 119 Å². The van der Waals surface area contributed by atoms with Gasteiger partial charge < -0.3 is 10.1 Å². The Kier molecular flexibility index (Phi) is 7.56. The third-order valence-corrected chi connectivity index (χ3v) is 3.23. The average Bonchev–Trinajstić information content (AvgIpc) is 2.32. The smallest absolute Gasteiger partial charge is 0.0721 e. The van der Waals surface area contributed by atoms with E-state index in [0.717, 1.165) is 23.9 Å². The Morgan fingerprint density at radius 1 is 1.33 bits per heavy atom. The van der Waals surface area contributed by atoms with Crippen molar-refractivity contribution in [2.75, 3.05) is 6.54 Å². The minimum atomic E-state index is 0.302. The molecule has 1 N–H and O–H groups in total. The molecular formula is C15H24BrNO. The van der Waals surface area contributed by atoms with Gasteiger partial charge >= 0.3 is 0 Å². The van der Waals surface area contributed by atoms with E-state index < -0.39 is 0 Å². The molecule has 0 saturated heterocycles. The summed E-state index contributed by atoms with van der Waals surface area (Å²) in [6.45, 7) is 8.14. The van der Waals surface area contributed by atoms with Crippen LogP contribution in [0.1, 0.15) is 39.2 Å². The van der Waals surface area contributed by atoms with Gasteiger partial charge in [0, 0.05) is 17.1 Å². The van der Waals surface area contributed by atoms with Gasteiger partial charge in [-0.25, -0.2) is 0 Å². The fourth-order valence-corrected chi connectivity index (χ4v) is 2.22. The second-order valence-corrected chi connectivity index (χ2v) is 5.83.